The van der Waals surface area contributed by atoms with Gasteiger partial charge in [0.1, 0.15) is 6.29 Å². The summed E-state index contributed by atoms with van der Waals surface area (Å²) < 4.78 is 0. The van der Waals surface area contributed by atoms with Gasteiger partial charge in [-0.25, -0.2) is 0 Å². The molecule has 3 aromatic carbocycles. The summed E-state index contributed by atoms with van der Waals surface area (Å²) in [6.45, 7) is 4.04. The predicted molar refractivity (Wildman–Crippen MR) is 99.1 cm³/mol. The fourth-order valence-corrected chi connectivity index (χ4v) is 3.77. The van der Waals surface area contributed by atoms with Crippen LogP contribution in [0.1, 0.15) is 30.5 Å². The van der Waals surface area contributed by atoms with Crippen molar-refractivity contribution in [2.75, 3.05) is 0 Å². The minimum absolute atomic E-state index is 0.543. The molecule has 0 bridgehead atoms. The zero-order chi connectivity index (χ0) is 17.0. The molecular formula is C23H22O. The van der Waals surface area contributed by atoms with E-state index < -0.39 is 10.8 Å². The number of hydrogen-bond donors (Lipinski definition) is 0. The van der Waals surface area contributed by atoms with Crippen molar-refractivity contribution in [3.05, 3.63) is 108 Å². The largest absolute Gasteiger partial charge is 0.303 e. The second-order valence-electron chi connectivity index (χ2n) is 6.69. The summed E-state index contributed by atoms with van der Waals surface area (Å²) in [4.78, 5) is 12.2. The van der Waals surface area contributed by atoms with E-state index in [1.165, 1.54) is 0 Å². The Morgan fingerprint density at radius 1 is 0.583 bits per heavy atom. The first-order valence-corrected chi connectivity index (χ1v) is 8.26. The number of carbonyl (C=O) groups excluding carboxylic acids is 1. The molecule has 0 atom stereocenters. The third-order valence-corrected chi connectivity index (χ3v) is 4.88. The molecule has 1 nitrogen and oxygen atoms in total. The van der Waals surface area contributed by atoms with Crippen LogP contribution in [0, 0.1) is 5.41 Å². The molecule has 0 aliphatic rings. The summed E-state index contributed by atoms with van der Waals surface area (Å²) in [6.07, 6.45) is 1.08. The molecule has 0 unspecified atom stereocenters. The van der Waals surface area contributed by atoms with Gasteiger partial charge in [-0.3, -0.25) is 0 Å². The summed E-state index contributed by atoms with van der Waals surface area (Å²) in [7, 11) is 0. The molecule has 24 heavy (non-hydrogen) atoms. The Bertz CT molecular complexity index is 693. The van der Waals surface area contributed by atoms with Crippen LogP contribution in [-0.4, -0.2) is 6.29 Å². The lowest BCUT2D eigenvalue weighted by Gasteiger charge is -2.45. The fraction of sp³-hybridized carbons (Fsp3) is 0.174. The first-order valence-electron chi connectivity index (χ1n) is 8.26. The summed E-state index contributed by atoms with van der Waals surface area (Å²) in [6, 6.07) is 31.0. The van der Waals surface area contributed by atoms with Crippen LogP contribution in [0.15, 0.2) is 91.0 Å². The molecule has 0 fully saturated rings. The molecular weight excluding hydrogens is 292 g/mol. The topological polar surface area (TPSA) is 17.1 Å². The lowest BCUT2D eigenvalue weighted by atomic mass is 9.55. The average molecular weight is 314 g/mol. The normalized spacial score (nSPS) is 11.9. The Balaban J connectivity index is 2.45. The van der Waals surface area contributed by atoms with Gasteiger partial charge >= 0.3 is 0 Å². The minimum Gasteiger partial charge on any atom is -0.303 e. The molecule has 0 aliphatic carbocycles. The van der Waals surface area contributed by atoms with Crippen LogP contribution in [0.3, 0.4) is 0 Å². The molecule has 0 heterocycles. The van der Waals surface area contributed by atoms with Crippen molar-refractivity contribution in [3.63, 3.8) is 0 Å². The zero-order valence-electron chi connectivity index (χ0n) is 14.1. The maximum absolute atomic E-state index is 12.2. The highest BCUT2D eigenvalue weighted by atomic mass is 16.1. The molecule has 0 saturated carbocycles. The van der Waals surface area contributed by atoms with Crippen LogP contribution in [-0.2, 0) is 10.2 Å². The van der Waals surface area contributed by atoms with Crippen molar-refractivity contribution in [1.29, 1.82) is 0 Å². The first-order chi connectivity index (χ1) is 11.6. The molecule has 0 amide bonds. The highest BCUT2D eigenvalue weighted by molar-refractivity contribution is 5.69. The maximum Gasteiger partial charge on any atom is 0.127 e. The molecule has 0 aliphatic heterocycles. The van der Waals surface area contributed by atoms with Gasteiger partial charge in [0.25, 0.3) is 0 Å². The zero-order valence-corrected chi connectivity index (χ0v) is 14.1. The highest BCUT2D eigenvalue weighted by Crippen LogP contribution is 2.50. The molecule has 0 radical (unpaired) electrons. The van der Waals surface area contributed by atoms with E-state index in [2.05, 4.69) is 36.4 Å². The van der Waals surface area contributed by atoms with E-state index in [0.29, 0.717) is 0 Å². The van der Waals surface area contributed by atoms with Crippen LogP contribution in [0.4, 0.5) is 0 Å². The first kappa shape index (κ1) is 16.2. The number of carbonyl (C=O) groups is 1. The second-order valence-corrected chi connectivity index (χ2v) is 6.69. The smallest absolute Gasteiger partial charge is 0.127 e. The van der Waals surface area contributed by atoms with Crippen LogP contribution in [0.25, 0.3) is 0 Å². The van der Waals surface area contributed by atoms with E-state index in [0.717, 1.165) is 23.0 Å². The molecule has 0 aromatic heterocycles. The van der Waals surface area contributed by atoms with Crippen molar-refractivity contribution in [1.82, 2.24) is 0 Å². The van der Waals surface area contributed by atoms with Gasteiger partial charge in [-0.1, -0.05) is 105 Å². The molecule has 0 saturated heterocycles. The summed E-state index contributed by atoms with van der Waals surface area (Å²) in [5, 5.41) is 0. The van der Waals surface area contributed by atoms with E-state index in [-0.39, 0.29) is 0 Å². The third kappa shape index (κ3) is 2.46. The van der Waals surface area contributed by atoms with E-state index in [1.54, 1.807) is 0 Å². The molecule has 0 spiro atoms. The Labute approximate surface area is 144 Å². The van der Waals surface area contributed by atoms with Crippen molar-refractivity contribution in [2.24, 2.45) is 5.41 Å². The van der Waals surface area contributed by atoms with E-state index in [9.17, 15) is 4.79 Å². The molecule has 0 N–H and O–H groups in total. The van der Waals surface area contributed by atoms with Gasteiger partial charge in [0, 0.05) is 5.41 Å². The van der Waals surface area contributed by atoms with Crippen molar-refractivity contribution in [3.8, 4) is 0 Å². The Morgan fingerprint density at radius 3 is 1.12 bits per heavy atom. The Morgan fingerprint density at radius 2 is 0.875 bits per heavy atom. The van der Waals surface area contributed by atoms with Gasteiger partial charge in [0.15, 0.2) is 0 Å². The van der Waals surface area contributed by atoms with Crippen molar-refractivity contribution < 1.29 is 4.79 Å². The van der Waals surface area contributed by atoms with Crippen LogP contribution in [0.2, 0.25) is 0 Å². The van der Waals surface area contributed by atoms with Crippen LogP contribution < -0.4 is 0 Å². The minimum atomic E-state index is -0.614. The fourth-order valence-electron chi connectivity index (χ4n) is 3.77. The molecule has 3 rings (SSSR count). The predicted octanol–water partition coefficient (Wildman–Crippen LogP) is 5.25. The average Bonchev–Trinajstić information content (AvgIpc) is 2.65. The Kier molecular flexibility index (Phi) is 4.35. The van der Waals surface area contributed by atoms with Gasteiger partial charge in [-0.2, -0.15) is 0 Å². The lowest BCUT2D eigenvalue weighted by molar-refractivity contribution is -0.116. The highest BCUT2D eigenvalue weighted by Gasteiger charge is 2.49. The summed E-state index contributed by atoms with van der Waals surface area (Å²) in [5.74, 6) is 0. The van der Waals surface area contributed by atoms with Gasteiger partial charge < -0.3 is 4.79 Å². The molecule has 3 aromatic rings. The molecule has 120 valence electrons. The second kappa shape index (κ2) is 6.45. The van der Waals surface area contributed by atoms with Crippen LogP contribution >= 0.6 is 0 Å². The number of benzene rings is 3. The van der Waals surface area contributed by atoms with Gasteiger partial charge in [0.2, 0.25) is 0 Å². The van der Waals surface area contributed by atoms with Crippen molar-refractivity contribution >= 4 is 6.29 Å². The Hall–Kier alpha value is -2.67. The van der Waals surface area contributed by atoms with Crippen LogP contribution in [0.5, 0.6) is 0 Å². The number of hydrogen-bond acceptors (Lipinski definition) is 1. The van der Waals surface area contributed by atoms with Gasteiger partial charge in [0.05, 0.1) is 5.41 Å². The third-order valence-electron chi connectivity index (χ3n) is 4.88. The number of rotatable bonds is 5. The van der Waals surface area contributed by atoms with Gasteiger partial charge in [-0.05, 0) is 16.7 Å². The lowest BCUT2D eigenvalue weighted by Crippen LogP contribution is -2.45. The quantitative estimate of drug-likeness (QED) is 0.464. The SMILES string of the molecule is CC(C)(C=O)C(c1ccccc1)(c1ccccc1)c1ccccc1. The van der Waals surface area contributed by atoms with Crippen molar-refractivity contribution in [2.45, 2.75) is 19.3 Å². The standard InChI is InChI=1S/C23H22O/c1-22(2,18-24)23(19-12-6-3-7-13-19,20-14-8-4-9-15-20)21-16-10-5-11-17-21/h3-18H,1-2H3. The monoisotopic (exact) mass is 314 g/mol. The van der Waals surface area contributed by atoms with E-state index in [4.69, 9.17) is 0 Å². The van der Waals surface area contributed by atoms with E-state index >= 15 is 0 Å². The maximum atomic E-state index is 12.2. The summed E-state index contributed by atoms with van der Waals surface area (Å²) >= 11 is 0. The number of aldehydes is 1. The molecule has 1 heteroatoms. The van der Waals surface area contributed by atoms with E-state index in [1.807, 2.05) is 68.4 Å². The van der Waals surface area contributed by atoms with Gasteiger partial charge in [-0.15, -0.1) is 0 Å². The summed E-state index contributed by atoms with van der Waals surface area (Å²) in [5.41, 5.74) is 2.22.